The van der Waals surface area contributed by atoms with Crippen LogP contribution in [0.25, 0.3) is 5.69 Å². The average molecular weight is 395 g/mol. The van der Waals surface area contributed by atoms with Gasteiger partial charge in [-0.2, -0.15) is 0 Å². The zero-order chi connectivity index (χ0) is 20.1. The van der Waals surface area contributed by atoms with Crippen LogP contribution in [0.4, 0.5) is 5.69 Å². The smallest absolute Gasteiger partial charge is 0.255 e. The molecule has 0 saturated heterocycles. The normalized spacial score (nSPS) is 10.5. The molecule has 0 unspecified atom stereocenters. The SMILES string of the molecule is Cc1ccc(-n2cnnc2SCC(=O)Nc2ccccc2C(=O)N(C)C)cc1. The molecule has 2 amide bonds. The Balaban J connectivity index is 1.68. The minimum atomic E-state index is -0.220. The van der Waals surface area contributed by atoms with Gasteiger partial charge in [0.25, 0.3) is 5.91 Å². The highest BCUT2D eigenvalue weighted by molar-refractivity contribution is 7.99. The van der Waals surface area contributed by atoms with Crippen LogP contribution < -0.4 is 5.32 Å². The Labute approximate surface area is 167 Å². The first-order valence-corrected chi connectivity index (χ1v) is 9.64. The monoisotopic (exact) mass is 395 g/mol. The number of nitrogens with one attached hydrogen (secondary N) is 1. The van der Waals surface area contributed by atoms with Crippen molar-refractivity contribution in [1.82, 2.24) is 19.7 Å². The molecule has 0 saturated carbocycles. The minimum absolute atomic E-state index is 0.148. The molecule has 3 aromatic rings. The summed E-state index contributed by atoms with van der Waals surface area (Å²) in [5.41, 5.74) is 3.04. The average Bonchev–Trinajstić information content (AvgIpc) is 3.15. The molecule has 0 aliphatic rings. The van der Waals surface area contributed by atoms with Crippen molar-refractivity contribution in [3.63, 3.8) is 0 Å². The molecule has 0 aliphatic heterocycles. The van der Waals surface area contributed by atoms with Crippen molar-refractivity contribution in [2.24, 2.45) is 0 Å². The molecule has 7 nitrogen and oxygen atoms in total. The third-order valence-corrected chi connectivity index (χ3v) is 4.94. The van der Waals surface area contributed by atoms with Gasteiger partial charge in [0, 0.05) is 19.8 Å². The highest BCUT2D eigenvalue weighted by Crippen LogP contribution is 2.21. The van der Waals surface area contributed by atoms with Crippen molar-refractivity contribution in [3.05, 3.63) is 66.0 Å². The van der Waals surface area contributed by atoms with Gasteiger partial charge in [-0.05, 0) is 31.2 Å². The van der Waals surface area contributed by atoms with Gasteiger partial charge in [-0.3, -0.25) is 14.2 Å². The summed E-state index contributed by atoms with van der Waals surface area (Å²) < 4.78 is 1.83. The van der Waals surface area contributed by atoms with Crippen LogP contribution in [-0.2, 0) is 4.79 Å². The lowest BCUT2D eigenvalue weighted by molar-refractivity contribution is -0.113. The van der Waals surface area contributed by atoms with Gasteiger partial charge >= 0.3 is 0 Å². The van der Waals surface area contributed by atoms with Gasteiger partial charge in [0.2, 0.25) is 5.91 Å². The van der Waals surface area contributed by atoms with Crippen LogP contribution in [0.3, 0.4) is 0 Å². The first kappa shape index (κ1) is 19.6. The predicted molar refractivity (Wildman–Crippen MR) is 110 cm³/mol. The number of para-hydroxylation sites is 1. The molecule has 0 atom stereocenters. The first-order chi connectivity index (χ1) is 13.5. The molecule has 0 fully saturated rings. The second kappa shape index (κ2) is 8.71. The molecule has 28 heavy (non-hydrogen) atoms. The summed E-state index contributed by atoms with van der Waals surface area (Å²) in [6.07, 6.45) is 1.62. The number of hydrogen-bond acceptors (Lipinski definition) is 5. The number of aromatic nitrogens is 3. The Kier molecular flexibility index (Phi) is 6.10. The quantitative estimate of drug-likeness (QED) is 0.649. The molecule has 2 aromatic carbocycles. The zero-order valence-corrected chi connectivity index (χ0v) is 16.7. The van der Waals surface area contributed by atoms with Crippen LogP contribution in [0, 0.1) is 6.92 Å². The van der Waals surface area contributed by atoms with E-state index in [4.69, 9.17) is 0 Å². The summed E-state index contributed by atoms with van der Waals surface area (Å²) in [7, 11) is 3.35. The fraction of sp³-hybridized carbons (Fsp3) is 0.200. The molecular weight excluding hydrogens is 374 g/mol. The highest BCUT2D eigenvalue weighted by atomic mass is 32.2. The number of thioether (sulfide) groups is 1. The molecule has 0 spiro atoms. The van der Waals surface area contributed by atoms with E-state index in [0.29, 0.717) is 16.4 Å². The molecule has 0 aliphatic carbocycles. The van der Waals surface area contributed by atoms with Crippen molar-refractivity contribution in [2.75, 3.05) is 25.2 Å². The van der Waals surface area contributed by atoms with Gasteiger partial charge in [0.1, 0.15) is 6.33 Å². The van der Waals surface area contributed by atoms with Crippen molar-refractivity contribution in [3.8, 4) is 5.69 Å². The first-order valence-electron chi connectivity index (χ1n) is 8.66. The van der Waals surface area contributed by atoms with E-state index >= 15 is 0 Å². The summed E-state index contributed by atoms with van der Waals surface area (Å²) in [6.45, 7) is 2.02. The van der Waals surface area contributed by atoms with E-state index in [1.54, 1.807) is 44.7 Å². The summed E-state index contributed by atoms with van der Waals surface area (Å²) in [5.74, 6) is -0.236. The van der Waals surface area contributed by atoms with Crippen molar-refractivity contribution < 1.29 is 9.59 Å². The van der Waals surface area contributed by atoms with Gasteiger partial charge in [0.05, 0.1) is 17.0 Å². The second-order valence-electron chi connectivity index (χ2n) is 6.40. The number of anilines is 1. The number of hydrogen-bond donors (Lipinski definition) is 1. The number of benzene rings is 2. The molecule has 1 aromatic heterocycles. The summed E-state index contributed by atoms with van der Waals surface area (Å²) >= 11 is 1.28. The van der Waals surface area contributed by atoms with E-state index in [2.05, 4.69) is 15.5 Å². The molecule has 1 N–H and O–H groups in total. The molecule has 1 heterocycles. The van der Waals surface area contributed by atoms with Crippen molar-refractivity contribution >= 4 is 29.3 Å². The topological polar surface area (TPSA) is 80.1 Å². The molecule has 0 radical (unpaired) electrons. The Bertz CT molecular complexity index is 982. The fourth-order valence-electron chi connectivity index (χ4n) is 2.54. The van der Waals surface area contributed by atoms with E-state index in [0.717, 1.165) is 11.3 Å². The van der Waals surface area contributed by atoms with E-state index in [1.165, 1.54) is 16.7 Å². The Morgan fingerprint density at radius 3 is 2.54 bits per heavy atom. The third kappa shape index (κ3) is 4.58. The van der Waals surface area contributed by atoms with E-state index in [1.807, 2.05) is 35.8 Å². The maximum absolute atomic E-state index is 12.4. The lowest BCUT2D eigenvalue weighted by Gasteiger charge is -2.14. The van der Waals surface area contributed by atoms with Gasteiger partial charge < -0.3 is 10.2 Å². The lowest BCUT2D eigenvalue weighted by Crippen LogP contribution is -2.24. The molecule has 0 bridgehead atoms. The Morgan fingerprint density at radius 1 is 1.11 bits per heavy atom. The van der Waals surface area contributed by atoms with E-state index in [9.17, 15) is 9.59 Å². The molecule has 144 valence electrons. The van der Waals surface area contributed by atoms with Gasteiger partial charge in [-0.1, -0.05) is 41.6 Å². The van der Waals surface area contributed by atoms with Crippen molar-refractivity contribution in [2.45, 2.75) is 12.1 Å². The third-order valence-electron chi connectivity index (χ3n) is 4.00. The van der Waals surface area contributed by atoms with E-state index in [-0.39, 0.29) is 17.6 Å². The van der Waals surface area contributed by atoms with E-state index < -0.39 is 0 Å². The summed E-state index contributed by atoms with van der Waals surface area (Å²) in [6, 6.07) is 14.9. The fourth-order valence-corrected chi connectivity index (χ4v) is 3.27. The molecule has 8 heteroatoms. The minimum Gasteiger partial charge on any atom is -0.345 e. The van der Waals surface area contributed by atoms with Crippen LogP contribution in [0.15, 0.2) is 60.0 Å². The van der Waals surface area contributed by atoms with Gasteiger partial charge in [-0.15, -0.1) is 10.2 Å². The van der Waals surface area contributed by atoms with Crippen LogP contribution in [0.5, 0.6) is 0 Å². The van der Waals surface area contributed by atoms with Crippen molar-refractivity contribution in [1.29, 1.82) is 0 Å². The largest absolute Gasteiger partial charge is 0.345 e. The zero-order valence-electron chi connectivity index (χ0n) is 15.9. The van der Waals surface area contributed by atoms with Crippen LogP contribution in [0.1, 0.15) is 15.9 Å². The number of aryl methyl sites for hydroxylation is 1. The second-order valence-corrected chi connectivity index (χ2v) is 7.34. The maximum atomic E-state index is 12.4. The number of carbonyl (C=O) groups is 2. The van der Waals surface area contributed by atoms with Gasteiger partial charge in [0.15, 0.2) is 5.16 Å². The summed E-state index contributed by atoms with van der Waals surface area (Å²) in [4.78, 5) is 26.2. The number of carbonyl (C=O) groups excluding carboxylic acids is 2. The highest BCUT2D eigenvalue weighted by Gasteiger charge is 2.15. The predicted octanol–water partition coefficient (Wildman–Crippen LogP) is 3.01. The standard InChI is InChI=1S/C20H21N5O2S/c1-14-8-10-15(11-9-14)25-13-21-23-20(25)28-12-18(26)22-17-7-5-4-6-16(17)19(27)24(2)3/h4-11,13H,12H2,1-3H3,(H,22,26). The maximum Gasteiger partial charge on any atom is 0.255 e. The lowest BCUT2D eigenvalue weighted by atomic mass is 10.1. The molecule has 3 rings (SSSR count). The number of rotatable bonds is 6. The van der Waals surface area contributed by atoms with Crippen LogP contribution >= 0.6 is 11.8 Å². The van der Waals surface area contributed by atoms with Crippen LogP contribution in [0.2, 0.25) is 0 Å². The summed E-state index contributed by atoms with van der Waals surface area (Å²) in [5, 5.41) is 11.5. The number of nitrogens with zero attached hydrogens (tertiary/aromatic N) is 4. The van der Waals surface area contributed by atoms with Gasteiger partial charge in [-0.25, -0.2) is 0 Å². The number of amides is 2. The Morgan fingerprint density at radius 2 is 1.82 bits per heavy atom. The Hall–Kier alpha value is -3.13. The van der Waals surface area contributed by atoms with Crippen LogP contribution in [-0.4, -0.2) is 51.3 Å². The molecular formula is C20H21N5O2S.